The molecule has 1 aliphatic heterocycles. The van der Waals surface area contributed by atoms with Crippen LogP contribution in [-0.4, -0.2) is 30.2 Å². The van der Waals surface area contributed by atoms with Gasteiger partial charge in [-0.3, -0.25) is 4.79 Å². The first-order valence-corrected chi connectivity index (χ1v) is 9.00. The van der Waals surface area contributed by atoms with Crippen LogP contribution in [-0.2, 0) is 20.7 Å². The molecule has 0 aliphatic carbocycles. The highest BCUT2D eigenvalue weighted by Crippen LogP contribution is 2.33. The number of hydrogen-bond acceptors (Lipinski definition) is 5. The van der Waals surface area contributed by atoms with Crippen molar-refractivity contribution in [2.24, 2.45) is 0 Å². The molecule has 0 fully saturated rings. The number of amides is 1. The van der Waals surface area contributed by atoms with Gasteiger partial charge in [-0.15, -0.1) is 0 Å². The van der Waals surface area contributed by atoms with Crippen molar-refractivity contribution in [3.63, 3.8) is 0 Å². The van der Waals surface area contributed by atoms with E-state index in [1.165, 1.54) is 12.5 Å². The van der Waals surface area contributed by atoms with Crippen molar-refractivity contribution in [3.8, 4) is 11.5 Å². The summed E-state index contributed by atoms with van der Waals surface area (Å²) in [5.41, 5.74) is 1.83. The van der Waals surface area contributed by atoms with Gasteiger partial charge in [-0.05, 0) is 50.1 Å². The summed E-state index contributed by atoms with van der Waals surface area (Å²) >= 11 is 0. The van der Waals surface area contributed by atoms with Crippen LogP contribution in [0.15, 0.2) is 48.5 Å². The first-order valence-electron chi connectivity index (χ1n) is 9.00. The van der Waals surface area contributed by atoms with Crippen LogP contribution in [0.3, 0.4) is 0 Å². The molecule has 0 saturated carbocycles. The number of rotatable bonds is 5. The van der Waals surface area contributed by atoms with E-state index >= 15 is 0 Å². The maximum atomic E-state index is 12.5. The summed E-state index contributed by atoms with van der Waals surface area (Å²) in [5, 5.41) is 2.74. The molecule has 0 aromatic heterocycles. The third kappa shape index (κ3) is 4.39. The molecule has 6 heteroatoms. The van der Waals surface area contributed by atoms with Gasteiger partial charge < -0.3 is 19.5 Å². The summed E-state index contributed by atoms with van der Waals surface area (Å²) < 4.78 is 16.7. The van der Waals surface area contributed by atoms with Crippen LogP contribution in [0.2, 0.25) is 0 Å². The van der Waals surface area contributed by atoms with Gasteiger partial charge in [-0.1, -0.05) is 31.2 Å². The maximum Gasteiger partial charge on any atom is 0.352 e. The number of carbonyl (C=O) groups excluding carboxylic acids is 2. The number of benzene rings is 2. The fourth-order valence-corrected chi connectivity index (χ4v) is 2.74. The summed E-state index contributed by atoms with van der Waals surface area (Å²) in [4.78, 5) is 24.8. The zero-order valence-corrected chi connectivity index (χ0v) is 15.6. The Hall–Kier alpha value is -3.02. The zero-order valence-electron chi connectivity index (χ0n) is 15.6. The average molecular weight is 369 g/mol. The highest BCUT2D eigenvalue weighted by molar-refractivity contribution is 5.95. The van der Waals surface area contributed by atoms with Gasteiger partial charge in [-0.2, -0.15) is 0 Å². The Morgan fingerprint density at radius 1 is 1.07 bits per heavy atom. The fourth-order valence-electron chi connectivity index (χ4n) is 2.74. The molecule has 2 aromatic rings. The van der Waals surface area contributed by atoms with Crippen LogP contribution < -0.4 is 14.8 Å². The molecule has 6 nitrogen and oxygen atoms in total. The standard InChI is InChI=1S/C21H23NO5/c1-4-15-9-11-16(12-10-15)22-20(23)14(3)26-21(24)19-13(2)25-17-7-5-6-8-18(17)27-19/h5-14,19H,4H2,1-3H3,(H,22,23). The second-order valence-electron chi connectivity index (χ2n) is 6.43. The van der Waals surface area contributed by atoms with Crippen LogP contribution in [0, 0.1) is 0 Å². The van der Waals surface area contributed by atoms with Crippen molar-refractivity contribution in [2.45, 2.75) is 45.5 Å². The average Bonchev–Trinajstić information content (AvgIpc) is 2.67. The SMILES string of the molecule is CCc1ccc(NC(=O)C(C)OC(=O)C2Oc3ccccc3OC2C)cc1. The first-order chi connectivity index (χ1) is 13.0. The van der Waals surface area contributed by atoms with E-state index in [0.717, 1.165) is 6.42 Å². The second kappa shape index (κ2) is 8.12. The normalized spacial score (nSPS) is 19.1. The van der Waals surface area contributed by atoms with Gasteiger partial charge in [0.2, 0.25) is 6.10 Å². The predicted molar refractivity (Wildman–Crippen MR) is 101 cm³/mol. The number of para-hydroxylation sites is 2. The number of ether oxygens (including phenoxy) is 3. The third-order valence-corrected chi connectivity index (χ3v) is 4.37. The van der Waals surface area contributed by atoms with E-state index in [1.807, 2.05) is 30.3 Å². The van der Waals surface area contributed by atoms with Crippen LogP contribution in [0.25, 0.3) is 0 Å². The van der Waals surface area contributed by atoms with Gasteiger partial charge in [0.1, 0.15) is 6.10 Å². The fraction of sp³-hybridized carbons (Fsp3) is 0.333. The first kappa shape index (κ1) is 18.8. The highest BCUT2D eigenvalue weighted by atomic mass is 16.6. The topological polar surface area (TPSA) is 73.9 Å². The molecule has 1 amide bonds. The summed E-state index contributed by atoms with van der Waals surface area (Å²) in [7, 11) is 0. The van der Waals surface area contributed by atoms with Crippen LogP contribution in [0.4, 0.5) is 5.69 Å². The van der Waals surface area contributed by atoms with E-state index in [0.29, 0.717) is 17.2 Å². The van der Waals surface area contributed by atoms with E-state index in [-0.39, 0.29) is 0 Å². The summed E-state index contributed by atoms with van der Waals surface area (Å²) in [6.07, 6.45) is -1.49. The molecule has 1 heterocycles. The minimum atomic E-state index is -0.962. The second-order valence-corrected chi connectivity index (χ2v) is 6.43. The molecule has 27 heavy (non-hydrogen) atoms. The number of hydrogen-bond donors (Lipinski definition) is 1. The van der Waals surface area contributed by atoms with Gasteiger partial charge in [0.05, 0.1) is 0 Å². The van der Waals surface area contributed by atoms with Crippen molar-refractivity contribution in [1.82, 2.24) is 0 Å². The summed E-state index contributed by atoms with van der Waals surface area (Å²) in [6.45, 7) is 5.31. The monoisotopic (exact) mass is 369 g/mol. The van der Waals surface area contributed by atoms with Gasteiger partial charge in [0.25, 0.3) is 5.91 Å². The Labute approximate surface area is 158 Å². The van der Waals surface area contributed by atoms with Crippen LogP contribution in [0.5, 0.6) is 11.5 Å². The van der Waals surface area contributed by atoms with Crippen molar-refractivity contribution in [2.75, 3.05) is 5.32 Å². The van der Waals surface area contributed by atoms with Gasteiger partial charge >= 0.3 is 5.97 Å². The Balaban J connectivity index is 1.58. The van der Waals surface area contributed by atoms with E-state index in [2.05, 4.69) is 12.2 Å². The third-order valence-electron chi connectivity index (χ3n) is 4.37. The lowest BCUT2D eigenvalue weighted by Gasteiger charge is -2.30. The number of carbonyl (C=O) groups is 2. The van der Waals surface area contributed by atoms with Crippen LogP contribution >= 0.6 is 0 Å². The van der Waals surface area contributed by atoms with E-state index in [4.69, 9.17) is 14.2 Å². The van der Waals surface area contributed by atoms with E-state index in [1.54, 1.807) is 25.1 Å². The quantitative estimate of drug-likeness (QED) is 0.818. The van der Waals surface area contributed by atoms with Crippen LogP contribution in [0.1, 0.15) is 26.3 Å². The molecule has 3 rings (SSSR count). The van der Waals surface area contributed by atoms with E-state index in [9.17, 15) is 9.59 Å². The lowest BCUT2D eigenvalue weighted by molar-refractivity contribution is -0.165. The predicted octanol–water partition coefficient (Wildman–Crippen LogP) is 3.35. The maximum absolute atomic E-state index is 12.5. The number of aryl methyl sites for hydroxylation is 1. The van der Waals surface area contributed by atoms with Crippen molar-refractivity contribution < 1.29 is 23.8 Å². The molecule has 3 atom stereocenters. The molecule has 2 aromatic carbocycles. The zero-order chi connectivity index (χ0) is 19.4. The van der Waals surface area contributed by atoms with Crippen molar-refractivity contribution >= 4 is 17.6 Å². The summed E-state index contributed by atoms with van der Waals surface area (Å²) in [5.74, 6) is 0.0133. The van der Waals surface area contributed by atoms with Gasteiger partial charge in [-0.25, -0.2) is 4.79 Å². The van der Waals surface area contributed by atoms with Crippen molar-refractivity contribution in [1.29, 1.82) is 0 Å². The molecule has 0 saturated heterocycles. The Morgan fingerprint density at radius 2 is 1.70 bits per heavy atom. The minimum absolute atomic E-state index is 0.405. The number of fused-ring (bicyclic) bond motifs is 1. The Kier molecular flexibility index (Phi) is 5.64. The molecule has 3 unspecified atom stereocenters. The highest BCUT2D eigenvalue weighted by Gasteiger charge is 2.36. The smallest absolute Gasteiger partial charge is 0.352 e. The van der Waals surface area contributed by atoms with Gasteiger partial charge in [0, 0.05) is 5.69 Å². The summed E-state index contributed by atoms with van der Waals surface area (Å²) in [6, 6.07) is 14.6. The Morgan fingerprint density at radius 3 is 2.33 bits per heavy atom. The molecular weight excluding hydrogens is 346 g/mol. The number of anilines is 1. The number of nitrogens with one attached hydrogen (secondary N) is 1. The van der Waals surface area contributed by atoms with Crippen molar-refractivity contribution in [3.05, 3.63) is 54.1 Å². The molecule has 1 N–H and O–H groups in total. The molecule has 1 aliphatic rings. The van der Waals surface area contributed by atoms with E-state index < -0.39 is 30.2 Å². The Bertz CT molecular complexity index is 818. The number of esters is 1. The molecule has 0 radical (unpaired) electrons. The lowest BCUT2D eigenvalue weighted by Crippen LogP contribution is -2.46. The molecule has 0 spiro atoms. The van der Waals surface area contributed by atoms with Gasteiger partial charge in [0.15, 0.2) is 17.6 Å². The minimum Gasteiger partial charge on any atom is -0.482 e. The largest absolute Gasteiger partial charge is 0.482 e. The molecular formula is C21H23NO5. The lowest BCUT2D eigenvalue weighted by atomic mass is 10.1. The molecule has 142 valence electrons. The molecule has 0 bridgehead atoms.